The molecule has 0 bridgehead atoms. The van der Waals surface area contributed by atoms with Crippen molar-refractivity contribution < 1.29 is 18.7 Å². The summed E-state index contributed by atoms with van der Waals surface area (Å²) in [6, 6.07) is 7.23. The van der Waals surface area contributed by atoms with Gasteiger partial charge in [0.25, 0.3) is 5.91 Å². The van der Waals surface area contributed by atoms with Gasteiger partial charge in [-0.2, -0.15) is 0 Å². The minimum Gasteiger partial charge on any atom is -0.463 e. The summed E-state index contributed by atoms with van der Waals surface area (Å²) in [6.45, 7) is 3.14. The molecular formula is C21H21ClFN3O3. The van der Waals surface area contributed by atoms with E-state index in [1.165, 1.54) is 30.3 Å². The summed E-state index contributed by atoms with van der Waals surface area (Å²) in [7, 11) is 0. The van der Waals surface area contributed by atoms with Crippen molar-refractivity contribution in [3.8, 4) is 0 Å². The Balaban J connectivity index is 1.59. The first-order valence-electron chi connectivity index (χ1n) is 9.28. The Labute approximate surface area is 173 Å². The quantitative estimate of drug-likeness (QED) is 0.572. The number of carbonyl (C=O) groups is 2. The first kappa shape index (κ1) is 20.8. The number of benzene rings is 1. The van der Waals surface area contributed by atoms with Gasteiger partial charge in [-0.05, 0) is 55.3 Å². The normalized spacial score (nSPS) is 16.2. The van der Waals surface area contributed by atoms with Gasteiger partial charge in [0.15, 0.2) is 0 Å². The summed E-state index contributed by atoms with van der Waals surface area (Å²) in [6.07, 6.45) is 5.24. The minimum absolute atomic E-state index is 0.00493. The van der Waals surface area contributed by atoms with Crippen molar-refractivity contribution in [2.45, 2.75) is 19.4 Å². The Hall–Kier alpha value is -2.93. The second-order valence-corrected chi connectivity index (χ2v) is 6.98. The molecule has 1 amide bonds. The molecule has 8 heteroatoms. The van der Waals surface area contributed by atoms with E-state index in [1.54, 1.807) is 30.2 Å². The molecule has 1 aliphatic heterocycles. The van der Waals surface area contributed by atoms with Gasteiger partial charge in [-0.15, -0.1) is 0 Å². The monoisotopic (exact) mass is 417 g/mol. The molecule has 1 N–H and O–H groups in total. The third-order valence-electron chi connectivity index (χ3n) is 4.47. The highest BCUT2D eigenvalue weighted by molar-refractivity contribution is 6.33. The van der Waals surface area contributed by atoms with Crippen LogP contribution in [-0.4, -0.2) is 47.5 Å². The first-order chi connectivity index (χ1) is 14.0. The molecule has 1 fully saturated rings. The van der Waals surface area contributed by atoms with Crippen LogP contribution in [0.3, 0.4) is 0 Å². The molecule has 0 radical (unpaired) electrons. The van der Waals surface area contributed by atoms with E-state index < -0.39 is 5.97 Å². The predicted molar refractivity (Wildman–Crippen MR) is 109 cm³/mol. The SMILES string of the molecule is CCOC(=O)C=Cc1cnc(N[C@@H]2CCN(C(=O)c3ccc(F)cc3)C2)c(Cl)c1. The van der Waals surface area contributed by atoms with Gasteiger partial charge in [-0.25, -0.2) is 14.2 Å². The van der Waals surface area contributed by atoms with Crippen LogP contribution in [0.15, 0.2) is 42.6 Å². The Morgan fingerprint density at radius 1 is 1.38 bits per heavy atom. The van der Waals surface area contributed by atoms with Gasteiger partial charge >= 0.3 is 5.97 Å². The fourth-order valence-corrected chi connectivity index (χ4v) is 3.26. The number of amides is 1. The first-order valence-corrected chi connectivity index (χ1v) is 9.66. The zero-order chi connectivity index (χ0) is 20.8. The van der Waals surface area contributed by atoms with Crippen molar-refractivity contribution in [3.63, 3.8) is 0 Å². The summed E-state index contributed by atoms with van der Waals surface area (Å²) >= 11 is 6.30. The zero-order valence-corrected chi connectivity index (χ0v) is 16.7. The number of hydrogen-bond acceptors (Lipinski definition) is 5. The lowest BCUT2D eigenvalue weighted by atomic mass is 10.2. The van der Waals surface area contributed by atoms with Gasteiger partial charge in [0.1, 0.15) is 11.6 Å². The molecule has 152 valence electrons. The number of hydrogen-bond donors (Lipinski definition) is 1. The second-order valence-electron chi connectivity index (χ2n) is 6.57. The van der Waals surface area contributed by atoms with Gasteiger partial charge in [0.05, 0.1) is 11.6 Å². The molecule has 6 nitrogen and oxygen atoms in total. The van der Waals surface area contributed by atoms with Crippen molar-refractivity contribution in [2.24, 2.45) is 0 Å². The van der Waals surface area contributed by atoms with Crippen LogP contribution in [0, 0.1) is 5.82 Å². The molecular weight excluding hydrogens is 397 g/mol. The van der Waals surface area contributed by atoms with E-state index in [4.69, 9.17) is 16.3 Å². The van der Waals surface area contributed by atoms with E-state index in [0.717, 1.165) is 6.42 Å². The Morgan fingerprint density at radius 3 is 2.83 bits per heavy atom. The number of ether oxygens (including phenoxy) is 1. The highest BCUT2D eigenvalue weighted by Crippen LogP contribution is 2.24. The van der Waals surface area contributed by atoms with E-state index in [-0.39, 0.29) is 17.8 Å². The number of likely N-dealkylation sites (tertiary alicyclic amines) is 1. The number of carbonyl (C=O) groups excluding carboxylic acids is 2. The molecule has 0 spiro atoms. The van der Waals surface area contributed by atoms with E-state index in [2.05, 4.69) is 10.3 Å². The second kappa shape index (κ2) is 9.52. The lowest BCUT2D eigenvalue weighted by Crippen LogP contribution is -2.31. The molecule has 1 aliphatic rings. The zero-order valence-electron chi connectivity index (χ0n) is 15.9. The van der Waals surface area contributed by atoms with Crippen LogP contribution in [0.4, 0.5) is 10.2 Å². The molecule has 1 saturated heterocycles. The molecule has 1 aromatic carbocycles. The summed E-state index contributed by atoms with van der Waals surface area (Å²) in [5, 5.41) is 3.67. The smallest absolute Gasteiger partial charge is 0.330 e. The number of nitrogens with one attached hydrogen (secondary N) is 1. The van der Waals surface area contributed by atoms with Crippen LogP contribution < -0.4 is 5.32 Å². The van der Waals surface area contributed by atoms with Crippen LogP contribution in [-0.2, 0) is 9.53 Å². The molecule has 2 heterocycles. The highest BCUT2D eigenvalue weighted by Gasteiger charge is 2.27. The summed E-state index contributed by atoms with van der Waals surface area (Å²) < 4.78 is 17.9. The molecule has 29 heavy (non-hydrogen) atoms. The van der Waals surface area contributed by atoms with Crippen LogP contribution in [0.25, 0.3) is 6.08 Å². The Morgan fingerprint density at radius 2 is 2.14 bits per heavy atom. The van der Waals surface area contributed by atoms with Gasteiger partial charge in [-0.1, -0.05) is 11.6 Å². The average molecular weight is 418 g/mol. The van der Waals surface area contributed by atoms with Crippen molar-refractivity contribution in [1.29, 1.82) is 0 Å². The van der Waals surface area contributed by atoms with Gasteiger partial charge < -0.3 is 15.0 Å². The van der Waals surface area contributed by atoms with Crippen LogP contribution in [0.5, 0.6) is 0 Å². The molecule has 0 saturated carbocycles. The predicted octanol–water partition coefficient (Wildman–Crippen LogP) is 3.78. The maximum Gasteiger partial charge on any atom is 0.330 e. The topological polar surface area (TPSA) is 71.5 Å². The van der Waals surface area contributed by atoms with Crippen LogP contribution in [0.2, 0.25) is 5.02 Å². The molecule has 3 rings (SSSR count). The lowest BCUT2D eigenvalue weighted by molar-refractivity contribution is -0.137. The molecule has 2 aromatic rings. The van der Waals surface area contributed by atoms with Crippen LogP contribution in [0.1, 0.15) is 29.3 Å². The third kappa shape index (κ3) is 5.54. The largest absolute Gasteiger partial charge is 0.463 e. The molecule has 0 unspecified atom stereocenters. The Bertz CT molecular complexity index is 918. The number of rotatable bonds is 6. The van der Waals surface area contributed by atoms with Crippen molar-refractivity contribution >= 4 is 35.4 Å². The molecule has 1 aromatic heterocycles. The summed E-state index contributed by atoms with van der Waals surface area (Å²) in [5.74, 6) is -0.416. The summed E-state index contributed by atoms with van der Waals surface area (Å²) in [4.78, 5) is 29.9. The summed E-state index contributed by atoms with van der Waals surface area (Å²) in [5.41, 5.74) is 1.13. The number of pyridine rings is 1. The molecule has 0 aliphatic carbocycles. The maximum absolute atomic E-state index is 13.0. The fourth-order valence-electron chi connectivity index (χ4n) is 3.04. The van der Waals surface area contributed by atoms with Gasteiger partial charge in [0.2, 0.25) is 0 Å². The standard InChI is InChI=1S/C21H21ClFN3O3/c1-2-29-19(27)8-3-14-11-18(22)20(24-12-14)25-17-9-10-26(13-17)21(28)15-4-6-16(23)7-5-15/h3-8,11-12,17H,2,9-10,13H2,1H3,(H,24,25)/t17-/m1/s1. The highest BCUT2D eigenvalue weighted by atomic mass is 35.5. The van der Waals surface area contributed by atoms with E-state index in [9.17, 15) is 14.0 Å². The van der Waals surface area contributed by atoms with Crippen LogP contribution >= 0.6 is 11.6 Å². The maximum atomic E-state index is 13.0. The van der Waals surface area contributed by atoms with E-state index in [1.807, 2.05) is 0 Å². The van der Waals surface area contributed by atoms with E-state index in [0.29, 0.717) is 41.7 Å². The van der Waals surface area contributed by atoms with E-state index >= 15 is 0 Å². The lowest BCUT2D eigenvalue weighted by Gasteiger charge is -2.18. The molecule has 1 atom stereocenters. The number of nitrogens with zero attached hydrogens (tertiary/aromatic N) is 2. The number of aromatic nitrogens is 1. The number of esters is 1. The third-order valence-corrected chi connectivity index (χ3v) is 4.76. The number of halogens is 2. The van der Waals surface area contributed by atoms with Crippen molar-refractivity contribution in [1.82, 2.24) is 9.88 Å². The fraction of sp³-hybridized carbons (Fsp3) is 0.286. The average Bonchev–Trinajstić information content (AvgIpc) is 3.17. The van der Waals surface area contributed by atoms with Gasteiger partial charge in [0, 0.05) is 37.0 Å². The van der Waals surface area contributed by atoms with Crippen molar-refractivity contribution in [2.75, 3.05) is 25.0 Å². The minimum atomic E-state index is -0.428. The number of anilines is 1. The Kier molecular flexibility index (Phi) is 6.82. The van der Waals surface area contributed by atoms with Crippen molar-refractivity contribution in [3.05, 3.63) is 64.6 Å². The van der Waals surface area contributed by atoms with Gasteiger partial charge in [-0.3, -0.25) is 4.79 Å².